The molecule has 4 atom stereocenters. The van der Waals surface area contributed by atoms with Crippen LogP contribution in [0, 0.1) is 5.92 Å². The van der Waals surface area contributed by atoms with Crippen LogP contribution in [-0.2, 0) is 10.2 Å². The number of hydrogen-bond acceptors (Lipinski definition) is 6. The van der Waals surface area contributed by atoms with Crippen LogP contribution in [0.15, 0.2) is 103 Å². The summed E-state index contributed by atoms with van der Waals surface area (Å²) in [7, 11) is 1.57. The lowest BCUT2D eigenvalue weighted by Gasteiger charge is -2.38. The number of Topliss-reactive ketones (excluding diaryl/α,β-unsaturated/α-hetero) is 2. The van der Waals surface area contributed by atoms with Gasteiger partial charge in [0.15, 0.2) is 11.6 Å². The quantitative estimate of drug-likeness (QED) is 0.271. The molecule has 4 aromatic carbocycles. The van der Waals surface area contributed by atoms with Gasteiger partial charge in [-0.25, -0.2) is 0 Å². The number of para-hydroxylation sites is 2. The summed E-state index contributed by atoms with van der Waals surface area (Å²) < 4.78 is 11.2. The molecule has 1 spiro atoms. The first kappa shape index (κ1) is 26.7. The predicted molar refractivity (Wildman–Crippen MR) is 163 cm³/mol. The largest absolute Gasteiger partial charge is 0.497 e. The van der Waals surface area contributed by atoms with Gasteiger partial charge in [0.25, 0.3) is 0 Å². The van der Waals surface area contributed by atoms with Gasteiger partial charge in [0.2, 0.25) is 5.91 Å². The molecule has 4 aromatic rings. The van der Waals surface area contributed by atoms with Crippen molar-refractivity contribution in [2.24, 2.45) is 5.92 Å². The van der Waals surface area contributed by atoms with Crippen molar-refractivity contribution in [3.63, 3.8) is 0 Å². The normalized spacial score (nSPS) is 22.9. The van der Waals surface area contributed by atoms with E-state index >= 15 is 4.79 Å². The molecule has 214 valence electrons. The zero-order chi connectivity index (χ0) is 29.7. The molecule has 7 nitrogen and oxygen atoms in total. The van der Waals surface area contributed by atoms with Crippen LogP contribution < -0.4 is 14.8 Å². The van der Waals surface area contributed by atoms with E-state index in [4.69, 9.17) is 9.47 Å². The Hall–Kier alpha value is -5.17. The highest BCUT2D eigenvalue weighted by molar-refractivity contribution is 6.17. The van der Waals surface area contributed by atoms with Crippen molar-refractivity contribution >= 4 is 29.2 Å². The minimum atomic E-state index is -1.40. The van der Waals surface area contributed by atoms with Crippen molar-refractivity contribution in [3.05, 3.63) is 131 Å². The number of fused-ring (bicyclic) bond motifs is 6. The van der Waals surface area contributed by atoms with Crippen LogP contribution in [0.2, 0.25) is 0 Å². The average Bonchev–Trinajstić information content (AvgIpc) is 3.53. The minimum absolute atomic E-state index is 0.252. The van der Waals surface area contributed by atoms with E-state index in [0.29, 0.717) is 40.5 Å². The van der Waals surface area contributed by atoms with Crippen LogP contribution in [0.5, 0.6) is 11.5 Å². The number of methoxy groups -OCH3 is 1. The van der Waals surface area contributed by atoms with Crippen LogP contribution >= 0.6 is 0 Å². The highest BCUT2D eigenvalue weighted by Crippen LogP contribution is 2.62. The van der Waals surface area contributed by atoms with E-state index in [2.05, 4.69) is 5.32 Å². The summed E-state index contributed by atoms with van der Waals surface area (Å²) >= 11 is 0. The van der Waals surface area contributed by atoms with Crippen LogP contribution in [0.4, 0.5) is 5.69 Å². The lowest BCUT2D eigenvalue weighted by Crippen LogP contribution is -2.49. The molecule has 3 aliphatic rings. The number of amides is 1. The zero-order valence-electron chi connectivity index (χ0n) is 23.8. The third kappa shape index (κ3) is 3.84. The standard InChI is InChI=1S/C36H30N2O5/c1-3-43-29-15-9-6-12-26(29)33(40)30-31(32(39)23-16-18-24(42-2)19-17-23)38-21-20-22-10-4-5-11-25(22)34(38)36(30)27-13-7-8-14-28(27)37-35(36)41/h4-21,30-31,34H,3H2,1-2H3,(H,37,41)/t30-,31+,34-,36+/m0/s1. The van der Waals surface area contributed by atoms with Gasteiger partial charge >= 0.3 is 0 Å². The maximum Gasteiger partial charge on any atom is 0.238 e. The maximum absolute atomic E-state index is 15.1. The Labute approximate surface area is 249 Å². The fraction of sp³-hybridized carbons (Fsp3) is 0.194. The molecule has 0 unspecified atom stereocenters. The molecule has 1 amide bonds. The van der Waals surface area contributed by atoms with Gasteiger partial charge in [-0.1, -0.05) is 54.6 Å². The number of nitrogens with zero attached hydrogens (tertiary/aromatic N) is 1. The van der Waals surface area contributed by atoms with Gasteiger partial charge in [-0.3, -0.25) is 14.4 Å². The van der Waals surface area contributed by atoms with E-state index < -0.39 is 23.4 Å². The summed E-state index contributed by atoms with van der Waals surface area (Å²) in [6.45, 7) is 2.22. The number of anilines is 1. The summed E-state index contributed by atoms with van der Waals surface area (Å²) in [4.78, 5) is 46.3. The first-order valence-corrected chi connectivity index (χ1v) is 14.4. The predicted octanol–water partition coefficient (Wildman–Crippen LogP) is 6.08. The number of carbonyl (C=O) groups is 3. The third-order valence-electron chi connectivity index (χ3n) is 8.95. The molecular formula is C36H30N2O5. The van der Waals surface area contributed by atoms with E-state index in [-0.39, 0.29) is 17.5 Å². The van der Waals surface area contributed by atoms with E-state index in [9.17, 15) is 9.59 Å². The van der Waals surface area contributed by atoms with Gasteiger partial charge in [-0.15, -0.1) is 0 Å². The van der Waals surface area contributed by atoms with Crippen molar-refractivity contribution in [2.75, 3.05) is 19.0 Å². The Morgan fingerprint density at radius 3 is 2.40 bits per heavy atom. The molecule has 3 heterocycles. The number of nitrogens with one attached hydrogen (secondary N) is 1. The SMILES string of the molecule is CCOc1ccccc1C(=O)[C@@H]1[C@H](C(=O)c2ccc(OC)cc2)N2C=Cc3ccccc3[C@H]2[C@]12C(=O)Nc1ccccc12. The molecule has 1 saturated heterocycles. The number of hydrogen-bond donors (Lipinski definition) is 1. The van der Waals surface area contributed by atoms with Crippen molar-refractivity contribution in [2.45, 2.75) is 24.4 Å². The van der Waals surface area contributed by atoms with Gasteiger partial charge in [0.05, 0.1) is 31.2 Å². The smallest absolute Gasteiger partial charge is 0.238 e. The summed E-state index contributed by atoms with van der Waals surface area (Å²) in [6.07, 6.45) is 3.82. The molecule has 0 bridgehead atoms. The van der Waals surface area contributed by atoms with Crippen molar-refractivity contribution in [1.82, 2.24) is 4.90 Å². The highest BCUT2D eigenvalue weighted by atomic mass is 16.5. The summed E-state index contributed by atoms with van der Waals surface area (Å²) in [6, 6.07) is 27.7. The van der Waals surface area contributed by atoms with E-state index in [1.54, 1.807) is 49.6 Å². The monoisotopic (exact) mass is 570 g/mol. The lowest BCUT2D eigenvalue weighted by molar-refractivity contribution is -0.122. The minimum Gasteiger partial charge on any atom is -0.497 e. The van der Waals surface area contributed by atoms with Crippen LogP contribution in [0.25, 0.3) is 6.08 Å². The number of carbonyl (C=O) groups excluding carboxylic acids is 3. The molecule has 1 N–H and O–H groups in total. The fourth-order valence-electron chi connectivity index (χ4n) is 7.21. The Balaban J connectivity index is 1.52. The van der Waals surface area contributed by atoms with Crippen LogP contribution in [-0.4, -0.2) is 42.1 Å². The van der Waals surface area contributed by atoms with Crippen LogP contribution in [0.1, 0.15) is 50.4 Å². The number of rotatable bonds is 7. The Kier molecular flexibility index (Phi) is 6.38. The number of ether oxygens (including phenoxy) is 2. The summed E-state index contributed by atoms with van der Waals surface area (Å²) in [5.74, 6) is -0.903. The average molecular weight is 571 g/mol. The Bertz CT molecular complexity index is 1800. The van der Waals surface area contributed by atoms with Gasteiger partial charge in [0, 0.05) is 17.5 Å². The van der Waals surface area contributed by atoms with E-state index in [0.717, 1.165) is 11.1 Å². The second kappa shape index (κ2) is 10.3. The molecular weight excluding hydrogens is 540 g/mol. The molecule has 3 aliphatic heterocycles. The number of ketones is 2. The van der Waals surface area contributed by atoms with Gasteiger partial charge in [-0.2, -0.15) is 0 Å². The maximum atomic E-state index is 15.1. The first-order valence-electron chi connectivity index (χ1n) is 14.4. The second-order valence-electron chi connectivity index (χ2n) is 11.0. The van der Waals surface area contributed by atoms with Crippen LogP contribution in [0.3, 0.4) is 0 Å². The molecule has 1 fully saturated rings. The molecule has 7 rings (SSSR count). The van der Waals surface area contributed by atoms with Crippen molar-refractivity contribution in [3.8, 4) is 11.5 Å². The fourth-order valence-corrected chi connectivity index (χ4v) is 7.21. The Morgan fingerprint density at radius 1 is 0.884 bits per heavy atom. The molecule has 7 heteroatoms. The highest BCUT2D eigenvalue weighted by Gasteiger charge is 2.70. The Morgan fingerprint density at radius 2 is 1.60 bits per heavy atom. The molecule has 0 aromatic heterocycles. The molecule has 0 saturated carbocycles. The zero-order valence-corrected chi connectivity index (χ0v) is 23.8. The van der Waals surface area contributed by atoms with Crippen molar-refractivity contribution < 1.29 is 23.9 Å². The summed E-state index contributed by atoms with van der Waals surface area (Å²) in [5, 5.41) is 3.08. The number of benzene rings is 4. The van der Waals surface area contributed by atoms with E-state index in [1.807, 2.05) is 78.7 Å². The lowest BCUT2D eigenvalue weighted by atomic mass is 9.62. The molecule has 0 radical (unpaired) electrons. The molecule has 43 heavy (non-hydrogen) atoms. The van der Waals surface area contributed by atoms with Crippen molar-refractivity contribution in [1.29, 1.82) is 0 Å². The van der Waals surface area contributed by atoms with Gasteiger partial charge in [0.1, 0.15) is 23.0 Å². The van der Waals surface area contributed by atoms with E-state index in [1.165, 1.54) is 0 Å². The third-order valence-corrected chi connectivity index (χ3v) is 8.95. The topological polar surface area (TPSA) is 84.9 Å². The second-order valence-corrected chi connectivity index (χ2v) is 11.0. The molecule has 0 aliphatic carbocycles. The van der Waals surface area contributed by atoms with Gasteiger partial charge < -0.3 is 19.7 Å². The first-order chi connectivity index (χ1) is 21.0. The van der Waals surface area contributed by atoms with Gasteiger partial charge in [-0.05, 0) is 72.2 Å². The summed E-state index contributed by atoms with van der Waals surface area (Å²) in [5.41, 5.74) is 2.55.